The molecule has 1 aliphatic rings. The number of halogens is 1. The molecule has 3 aromatic rings. The molecule has 1 aliphatic heterocycles. The lowest BCUT2D eigenvalue weighted by atomic mass is 10.1. The van der Waals surface area contributed by atoms with Crippen LogP contribution in [0, 0.1) is 11.7 Å². The summed E-state index contributed by atoms with van der Waals surface area (Å²) in [5.41, 5.74) is 1.23. The van der Waals surface area contributed by atoms with Crippen molar-refractivity contribution in [2.75, 3.05) is 11.5 Å². The zero-order chi connectivity index (χ0) is 18.9. The van der Waals surface area contributed by atoms with Crippen LogP contribution in [0.1, 0.15) is 18.0 Å². The molecule has 1 fully saturated rings. The minimum atomic E-state index is -2.92. The van der Waals surface area contributed by atoms with Gasteiger partial charge < -0.3 is 8.83 Å². The van der Waals surface area contributed by atoms with Gasteiger partial charge in [-0.15, -0.1) is 10.2 Å². The number of thioether (sulfide) groups is 1. The Morgan fingerprint density at radius 2 is 2.19 bits per heavy atom. The third-order valence-electron chi connectivity index (χ3n) is 4.21. The normalized spacial score (nSPS) is 18.8. The van der Waals surface area contributed by atoms with Gasteiger partial charge in [-0.25, -0.2) is 17.8 Å². The van der Waals surface area contributed by atoms with Crippen molar-refractivity contribution < 1.29 is 21.6 Å². The Morgan fingerprint density at radius 1 is 1.30 bits per heavy atom. The summed E-state index contributed by atoms with van der Waals surface area (Å²) < 4.78 is 47.3. The van der Waals surface area contributed by atoms with Crippen LogP contribution in [0.2, 0.25) is 0 Å². The molecule has 1 saturated heterocycles. The van der Waals surface area contributed by atoms with Crippen molar-refractivity contribution in [3.63, 3.8) is 0 Å². The third kappa shape index (κ3) is 4.56. The summed E-state index contributed by atoms with van der Waals surface area (Å²) >= 11 is 1.31. The summed E-state index contributed by atoms with van der Waals surface area (Å²) in [5, 5.41) is 8.35. The van der Waals surface area contributed by atoms with Gasteiger partial charge >= 0.3 is 0 Å². The summed E-state index contributed by atoms with van der Waals surface area (Å²) in [6, 6.07) is 6.03. The van der Waals surface area contributed by atoms with E-state index in [4.69, 9.17) is 8.83 Å². The summed E-state index contributed by atoms with van der Waals surface area (Å²) in [6.45, 7) is 0. The molecule has 0 amide bonds. The molecule has 0 spiro atoms. The van der Waals surface area contributed by atoms with E-state index in [2.05, 4.69) is 15.2 Å². The van der Waals surface area contributed by atoms with Gasteiger partial charge in [-0.05, 0) is 30.5 Å². The summed E-state index contributed by atoms with van der Waals surface area (Å²) in [4.78, 5) is 4.33. The molecule has 4 rings (SSSR count). The molecule has 1 aromatic carbocycles. The lowest BCUT2D eigenvalue weighted by molar-refractivity contribution is 0.389. The Kier molecular flexibility index (Phi) is 5.00. The molecule has 0 N–H and O–H groups in total. The predicted octanol–water partition coefficient (Wildman–Crippen LogP) is 3.13. The van der Waals surface area contributed by atoms with Gasteiger partial charge in [-0.3, -0.25) is 0 Å². The molecule has 2 aromatic heterocycles. The molecule has 0 saturated carbocycles. The fraction of sp³-hybridized carbons (Fsp3) is 0.353. The Labute approximate surface area is 159 Å². The van der Waals surface area contributed by atoms with Crippen molar-refractivity contribution in [2.24, 2.45) is 5.92 Å². The van der Waals surface area contributed by atoms with Gasteiger partial charge in [0.2, 0.25) is 11.8 Å². The zero-order valence-corrected chi connectivity index (χ0v) is 15.8. The molecule has 0 aliphatic carbocycles. The maximum atomic E-state index is 13.3. The lowest BCUT2D eigenvalue weighted by Crippen LogP contribution is -2.07. The number of oxazole rings is 1. The largest absolute Gasteiger partial charge is 0.444 e. The van der Waals surface area contributed by atoms with E-state index in [-0.39, 0.29) is 23.2 Å². The maximum Gasteiger partial charge on any atom is 0.276 e. The van der Waals surface area contributed by atoms with Crippen LogP contribution in [0.4, 0.5) is 4.39 Å². The quantitative estimate of drug-likeness (QED) is 0.573. The van der Waals surface area contributed by atoms with Gasteiger partial charge in [0.25, 0.3) is 5.22 Å². The molecule has 0 radical (unpaired) electrons. The second-order valence-electron chi connectivity index (χ2n) is 6.38. The Morgan fingerprint density at radius 3 is 2.96 bits per heavy atom. The summed E-state index contributed by atoms with van der Waals surface area (Å²) in [7, 11) is -2.92. The number of benzene rings is 1. The van der Waals surface area contributed by atoms with E-state index in [1.54, 1.807) is 12.1 Å². The SMILES string of the molecule is O=S1(=O)CCC(Cc2nnc(SCc3coc(-c4cccc(F)c4)n3)o2)C1. The van der Waals surface area contributed by atoms with Crippen molar-refractivity contribution in [3.8, 4) is 11.5 Å². The molecule has 3 heterocycles. The third-order valence-corrected chi connectivity index (χ3v) is 6.89. The zero-order valence-electron chi connectivity index (χ0n) is 14.2. The molecule has 10 heteroatoms. The second-order valence-corrected chi connectivity index (χ2v) is 9.53. The number of hydrogen-bond acceptors (Lipinski definition) is 8. The fourth-order valence-corrected chi connectivity index (χ4v) is 5.44. The Bertz CT molecular complexity index is 1050. The first-order valence-corrected chi connectivity index (χ1v) is 11.1. The van der Waals surface area contributed by atoms with Gasteiger partial charge in [0, 0.05) is 17.7 Å². The average molecular weight is 409 g/mol. The highest BCUT2D eigenvalue weighted by atomic mass is 32.2. The highest BCUT2D eigenvalue weighted by Crippen LogP contribution is 2.26. The van der Waals surface area contributed by atoms with Crippen LogP contribution >= 0.6 is 11.8 Å². The van der Waals surface area contributed by atoms with Gasteiger partial charge in [0.1, 0.15) is 12.1 Å². The molecule has 7 nitrogen and oxygen atoms in total. The minimum Gasteiger partial charge on any atom is -0.444 e. The number of sulfone groups is 1. The summed E-state index contributed by atoms with van der Waals surface area (Å²) in [6.07, 6.45) is 2.61. The van der Waals surface area contributed by atoms with E-state index in [9.17, 15) is 12.8 Å². The fourth-order valence-electron chi connectivity index (χ4n) is 2.92. The second kappa shape index (κ2) is 7.43. The first-order valence-electron chi connectivity index (χ1n) is 8.33. The molecular formula is C17H16FN3O4S2. The van der Waals surface area contributed by atoms with Crippen molar-refractivity contribution >= 4 is 21.6 Å². The van der Waals surface area contributed by atoms with Crippen LogP contribution in [0.25, 0.3) is 11.5 Å². The monoisotopic (exact) mass is 409 g/mol. The Hall–Kier alpha value is -2.20. The van der Waals surface area contributed by atoms with Crippen molar-refractivity contribution in [1.82, 2.24) is 15.2 Å². The smallest absolute Gasteiger partial charge is 0.276 e. The molecule has 1 unspecified atom stereocenters. The number of nitrogens with zero attached hydrogens (tertiary/aromatic N) is 3. The molecule has 1 atom stereocenters. The predicted molar refractivity (Wildman–Crippen MR) is 96.2 cm³/mol. The van der Waals surface area contributed by atoms with Crippen LogP contribution in [0.5, 0.6) is 0 Å². The van der Waals surface area contributed by atoms with E-state index in [1.807, 2.05) is 0 Å². The highest BCUT2D eigenvalue weighted by Gasteiger charge is 2.29. The number of rotatable bonds is 6. The van der Waals surface area contributed by atoms with Crippen molar-refractivity contribution in [3.05, 3.63) is 47.9 Å². The van der Waals surface area contributed by atoms with Gasteiger partial charge in [0.05, 0.1) is 17.2 Å². The molecule has 142 valence electrons. The number of aromatic nitrogens is 3. The van der Waals surface area contributed by atoms with E-state index in [1.165, 1.54) is 30.2 Å². The Balaban J connectivity index is 1.34. The first-order chi connectivity index (χ1) is 13.0. The van der Waals surface area contributed by atoms with Crippen molar-refractivity contribution in [1.29, 1.82) is 0 Å². The first kappa shape index (κ1) is 18.2. The lowest BCUT2D eigenvalue weighted by Gasteiger charge is -2.01. The molecular weight excluding hydrogens is 393 g/mol. The van der Waals surface area contributed by atoms with Crippen LogP contribution in [-0.2, 0) is 22.0 Å². The minimum absolute atomic E-state index is 0.0395. The topological polar surface area (TPSA) is 99.1 Å². The number of hydrogen-bond donors (Lipinski definition) is 0. The van der Waals surface area contributed by atoms with Gasteiger partial charge in [-0.1, -0.05) is 17.8 Å². The van der Waals surface area contributed by atoms with Gasteiger partial charge in [0.15, 0.2) is 9.84 Å². The van der Waals surface area contributed by atoms with E-state index in [0.29, 0.717) is 46.9 Å². The van der Waals surface area contributed by atoms with Crippen molar-refractivity contribution in [2.45, 2.75) is 23.8 Å². The van der Waals surface area contributed by atoms with E-state index in [0.717, 1.165) is 0 Å². The van der Waals surface area contributed by atoms with E-state index < -0.39 is 9.84 Å². The van der Waals surface area contributed by atoms with Crippen LogP contribution in [0.15, 0.2) is 44.6 Å². The van der Waals surface area contributed by atoms with E-state index >= 15 is 0 Å². The summed E-state index contributed by atoms with van der Waals surface area (Å²) in [5.74, 6) is 1.34. The van der Waals surface area contributed by atoms with Gasteiger partial charge in [-0.2, -0.15) is 0 Å². The maximum absolute atomic E-state index is 13.3. The standard InChI is InChI=1S/C17H16FN3O4S2/c18-13-3-1-2-12(7-13)16-19-14(8-24-16)9-26-17-21-20-15(25-17)6-11-4-5-27(22,23)10-11/h1-3,7-8,11H,4-6,9-10H2. The van der Waals surface area contributed by atoms with Crippen LogP contribution in [-0.4, -0.2) is 35.1 Å². The molecule has 0 bridgehead atoms. The van der Waals surface area contributed by atoms with Crippen LogP contribution in [0.3, 0.4) is 0 Å². The molecule has 27 heavy (non-hydrogen) atoms. The highest BCUT2D eigenvalue weighted by molar-refractivity contribution is 7.98. The van der Waals surface area contributed by atoms with Crippen LogP contribution < -0.4 is 0 Å². The average Bonchev–Trinajstić information content (AvgIpc) is 3.34.